The van der Waals surface area contributed by atoms with Crippen molar-refractivity contribution < 1.29 is 23.9 Å². The van der Waals surface area contributed by atoms with Crippen LogP contribution in [-0.2, 0) is 14.3 Å². The number of anilines is 2. The van der Waals surface area contributed by atoms with Gasteiger partial charge in [-0.25, -0.2) is 4.79 Å². The lowest BCUT2D eigenvalue weighted by molar-refractivity contribution is -0.119. The maximum Gasteiger partial charge on any atom is 0.338 e. The Balaban J connectivity index is 1.96. The maximum absolute atomic E-state index is 12.6. The number of hydrogen-bond acceptors (Lipinski definition) is 6. The Morgan fingerprint density at radius 3 is 1.90 bits per heavy atom. The molecule has 0 bridgehead atoms. The van der Waals surface area contributed by atoms with Gasteiger partial charge in [-0.15, -0.1) is 0 Å². The van der Waals surface area contributed by atoms with Gasteiger partial charge < -0.3 is 15.4 Å². The first kappa shape index (κ1) is 23.3. The number of benzene rings is 2. The second-order valence-corrected chi connectivity index (χ2v) is 7.09. The first-order chi connectivity index (χ1) is 14.7. The van der Waals surface area contributed by atoms with E-state index in [1.807, 2.05) is 0 Å². The summed E-state index contributed by atoms with van der Waals surface area (Å²) in [6.07, 6.45) is -1.28. The van der Waals surface area contributed by atoms with Crippen molar-refractivity contribution in [2.45, 2.75) is 33.3 Å². The van der Waals surface area contributed by atoms with E-state index in [0.29, 0.717) is 16.9 Å². The van der Waals surface area contributed by atoms with Crippen molar-refractivity contribution in [2.24, 2.45) is 5.92 Å². The van der Waals surface area contributed by atoms with Crippen LogP contribution in [0.25, 0.3) is 0 Å². The molecule has 2 aromatic carbocycles. The zero-order valence-electron chi connectivity index (χ0n) is 17.5. The van der Waals surface area contributed by atoms with Crippen molar-refractivity contribution in [3.05, 3.63) is 59.7 Å². The molecule has 1 atom stereocenters. The zero-order chi connectivity index (χ0) is 23.0. The average Bonchev–Trinajstić information content (AvgIpc) is 2.74. The van der Waals surface area contributed by atoms with Gasteiger partial charge >= 0.3 is 5.97 Å². The molecule has 160 valence electrons. The minimum absolute atomic E-state index is 0.128. The summed E-state index contributed by atoms with van der Waals surface area (Å²) in [5.41, 5.74) is 1.57. The van der Waals surface area contributed by atoms with Gasteiger partial charge in [0.05, 0.1) is 11.6 Å². The lowest BCUT2D eigenvalue weighted by Gasteiger charge is -2.13. The molecule has 31 heavy (non-hydrogen) atoms. The Kier molecular flexibility index (Phi) is 8.03. The number of amides is 2. The van der Waals surface area contributed by atoms with Gasteiger partial charge in [0, 0.05) is 22.9 Å². The van der Waals surface area contributed by atoms with Crippen LogP contribution < -0.4 is 10.6 Å². The van der Waals surface area contributed by atoms with E-state index < -0.39 is 18.0 Å². The van der Waals surface area contributed by atoms with Gasteiger partial charge in [-0.05, 0) is 55.5 Å². The van der Waals surface area contributed by atoms with Crippen molar-refractivity contribution in [3.8, 4) is 6.07 Å². The Bertz CT molecular complexity index is 1010. The summed E-state index contributed by atoms with van der Waals surface area (Å²) in [6.45, 7) is 5.04. The normalized spacial score (nSPS) is 11.2. The highest BCUT2D eigenvalue weighted by Gasteiger charge is 2.20. The van der Waals surface area contributed by atoms with Gasteiger partial charge in [-0.1, -0.05) is 13.8 Å². The van der Waals surface area contributed by atoms with E-state index >= 15 is 0 Å². The highest BCUT2D eigenvalue weighted by Crippen LogP contribution is 2.16. The second kappa shape index (κ2) is 10.7. The number of Topliss-reactive ketones (excluding diaryl/α,β-unsaturated/α-hetero) is 1. The molecule has 8 nitrogen and oxygen atoms in total. The number of rotatable bonds is 8. The van der Waals surface area contributed by atoms with E-state index in [1.54, 1.807) is 44.2 Å². The summed E-state index contributed by atoms with van der Waals surface area (Å²) in [4.78, 5) is 48.0. The van der Waals surface area contributed by atoms with Crippen LogP contribution in [-0.4, -0.2) is 29.7 Å². The number of carbonyl (C=O) groups excluding carboxylic acids is 4. The monoisotopic (exact) mass is 421 g/mol. The van der Waals surface area contributed by atoms with Crippen LogP contribution in [0, 0.1) is 17.2 Å². The first-order valence-electron chi connectivity index (χ1n) is 9.64. The molecule has 0 aliphatic carbocycles. The summed E-state index contributed by atoms with van der Waals surface area (Å²) in [5, 5.41) is 13.7. The molecule has 0 radical (unpaired) electrons. The highest BCUT2D eigenvalue weighted by atomic mass is 16.5. The molecule has 2 aromatic rings. The molecule has 2 amide bonds. The standard InChI is InChI=1S/C23H23N3O5/c1-14(2)22(29)26-19-8-4-16(5-9-19)21(28)15(3)31-23(30)17-6-10-18(11-7-17)25-20(27)12-13-24/h4-11,14-15H,12H2,1-3H3,(H,25,27)(H,26,29). The smallest absolute Gasteiger partial charge is 0.338 e. The largest absolute Gasteiger partial charge is 0.451 e. The fraction of sp³-hybridized carbons (Fsp3) is 0.261. The molecule has 0 heterocycles. The highest BCUT2D eigenvalue weighted by molar-refractivity contribution is 6.02. The van der Waals surface area contributed by atoms with Crippen LogP contribution in [0.15, 0.2) is 48.5 Å². The van der Waals surface area contributed by atoms with E-state index in [2.05, 4.69) is 10.6 Å². The van der Waals surface area contributed by atoms with Gasteiger partial charge in [0.1, 0.15) is 6.42 Å². The fourth-order valence-electron chi connectivity index (χ4n) is 2.49. The number of nitrogens with zero attached hydrogens (tertiary/aromatic N) is 1. The lowest BCUT2D eigenvalue weighted by Crippen LogP contribution is -2.24. The molecule has 0 saturated carbocycles. The third kappa shape index (κ3) is 6.78. The molecule has 2 N–H and O–H groups in total. The average molecular weight is 421 g/mol. The molecule has 2 rings (SSSR count). The van der Waals surface area contributed by atoms with Crippen molar-refractivity contribution in [3.63, 3.8) is 0 Å². The fourth-order valence-corrected chi connectivity index (χ4v) is 2.49. The van der Waals surface area contributed by atoms with Gasteiger partial charge in [-0.2, -0.15) is 5.26 Å². The Labute approximate surface area is 180 Å². The van der Waals surface area contributed by atoms with Crippen LogP contribution in [0.3, 0.4) is 0 Å². The summed E-state index contributed by atoms with van der Waals surface area (Å²) >= 11 is 0. The molecule has 0 saturated heterocycles. The van der Waals surface area contributed by atoms with Gasteiger partial charge in [0.2, 0.25) is 17.6 Å². The summed E-state index contributed by atoms with van der Waals surface area (Å²) in [6, 6.07) is 14.0. The number of ketones is 1. The predicted molar refractivity (Wildman–Crippen MR) is 114 cm³/mol. The topological polar surface area (TPSA) is 125 Å². The number of hydrogen-bond donors (Lipinski definition) is 2. The molecular formula is C23H23N3O5. The number of ether oxygens (including phenoxy) is 1. The summed E-state index contributed by atoms with van der Waals surface area (Å²) < 4.78 is 5.25. The molecular weight excluding hydrogens is 398 g/mol. The van der Waals surface area contributed by atoms with Crippen molar-refractivity contribution in [1.29, 1.82) is 5.26 Å². The van der Waals surface area contributed by atoms with Crippen molar-refractivity contribution >= 4 is 34.9 Å². The molecule has 0 fully saturated rings. The van der Waals surface area contributed by atoms with Gasteiger partial charge in [-0.3, -0.25) is 14.4 Å². The summed E-state index contributed by atoms with van der Waals surface area (Å²) in [7, 11) is 0. The maximum atomic E-state index is 12.6. The number of nitriles is 1. The Morgan fingerprint density at radius 1 is 0.871 bits per heavy atom. The van der Waals surface area contributed by atoms with E-state index in [0.717, 1.165) is 0 Å². The van der Waals surface area contributed by atoms with Crippen LogP contribution in [0.1, 0.15) is 47.9 Å². The third-order valence-corrected chi connectivity index (χ3v) is 4.26. The van der Waals surface area contributed by atoms with Crippen LogP contribution >= 0.6 is 0 Å². The zero-order valence-corrected chi connectivity index (χ0v) is 17.5. The SMILES string of the molecule is CC(C)C(=O)Nc1ccc(C(=O)C(C)OC(=O)c2ccc(NC(=O)CC#N)cc2)cc1. The van der Waals surface area contributed by atoms with Crippen LogP contribution in [0.2, 0.25) is 0 Å². The van der Waals surface area contributed by atoms with Crippen molar-refractivity contribution in [1.82, 2.24) is 0 Å². The molecule has 0 aliphatic rings. The number of nitrogens with one attached hydrogen (secondary N) is 2. The van der Waals surface area contributed by atoms with E-state index in [4.69, 9.17) is 10.00 Å². The third-order valence-electron chi connectivity index (χ3n) is 4.26. The number of esters is 1. The molecule has 0 spiro atoms. The molecule has 8 heteroatoms. The predicted octanol–water partition coefficient (Wildman–Crippen LogP) is 3.56. The molecule has 0 aromatic heterocycles. The van der Waals surface area contributed by atoms with E-state index in [-0.39, 0.29) is 29.6 Å². The molecule has 0 aliphatic heterocycles. The molecule has 1 unspecified atom stereocenters. The quantitative estimate of drug-likeness (QED) is 0.496. The summed E-state index contributed by atoms with van der Waals surface area (Å²) in [5.74, 6) is -1.81. The minimum atomic E-state index is -1.02. The Hall–Kier alpha value is -3.99. The van der Waals surface area contributed by atoms with Gasteiger partial charge in [0.15, 0.2) is 6.10 Å². The number of carbonyl (C=O) groups is 4. The van der Waals surface area contributed by atoms with E-state index in [9.17, 15) is 19.2 Å². The van der Waals surface area contributed by atoms with Crippen LogP contribution in [0.4, 0.5) is 11.4 Å². The minimum Gasteiger partial charge on any atom is -0.451 e. The van der Waals surface area contributed by atoms with Crippen molar-refractivity contribution in [2.75, 3.05) is 10.6 Å². The first-order valence-corrected chi connectivity index (χ1v) is 9.64. The van der Waals surface area contributed by atoms with E-state index in [1.165, 1.54) is 31.2 Å². The second-order valence-electron chi connectivity index (χ2n) is 7.09. The lowest BCUT2D eigenvalue weighted by atomic mass is 10.1. The van der Waals surface area contributed by atoms with Crippen LogP contribution in [0.5, 0.6) is 0 Å². The van der Waals surface area contributed by atoms with Gasteiger partial charge in [0.25, 0.3) is 0 Å². The Morgan fingerprint density at radius 2 is 1.39 bits per heavy atom.